The van der Waals surface area contributed by atoms with E-state index in [2.05, 4.69) is 15.3 Å². The third kappa shape index (κ3) is 2.45. The van der Waals surface area contributed by atoms with Gasteiger partial charge in [-0.2, -0.15) is 0 Å². The highest BCUT2D eigenvalue weighted by molar-refractivity contribution is 5.82. The maximum Gasteiger partial charge on any atom is 0.318 e. The van der Waals surface area contributed by atoms with Gasteiger partial charge in [-0.15, -0.1) is 5.10 Å². The van der Waals surface area contributed by atoms with Gasteiger partial charge in [-0.05, 0) is 25.0 Å². The topological polar surface area (TPSA) is 79.1 Å². The van der Waals surface area contributed by atoms with Crippen LogP contribution >= 0.6 is 0 Å². The number of nitrogens with zero attached hydrogens (tertiary/aromatic N) is 4. The molecule has 22 heavy (non-hydrogen) atoms. The average molecular weight is 306 g/mol. The number of methoxy groups -OCH3 is 1. The fourth-order valence-corrected chi connectivity index (χ4v) is 2.58. The van der Waals surface area contributed by atoms with Crippen molar-refractivity contribution in [1.29, 1.82) is 0 Å². The molecule has 3 rings (SSSR count). The number of halogens is 1. The lowest BCUT2D eigenvalue weighted by molar-refractivity contribution is -0.151. The summed E-state index contributed by atoms with van der Waals surface area (Å²) in [6.07, 6.45) is 3.69. The van der Waals surface area contributed by atoms with Gasteiger partial charge < -0.3 is 9.47 Å². The molecule has 116 valence electrons. The number of aromatic nitrogens is 4. The van der Waals surface area contributed by atoms with Crippen molar-refractivity contribution in [3.63, 3.8) is 0 Å². The Labute approximate surface area is 126 Å². The number of esters is 1. The van der Waals surface area contributed by atoms with Crippen LogP contribution in [0.5, 0.6) is 0 Å². The molecule has 0 aromatic carbocycles. The van der Waals surface area contributed by atoms with Gasteiger partial charge in [-0.3, -0.25) is 4.79 Å². The summed E-state index contributed by atoms with van der Waals surface area (Å²) in [5.41, 5.74) is -0.348. The lowest BCUT2D eigenvalue weighted by Crippen LogP contribution is -2.42. The molecule has 0 bridgehead atoms. The maximum absolute atomic E-state index is 12.9. The second-order valence-electron chi connectivity index (χ2n) is 5.07. The van der Waals surface area contributed by atoms with Gasteiger partial charge in [0, 0.05) is 13.2 Å². The predicted molar refractivity (Wildman–Crippen MR) is 72.9 cm³/mol. The van der Waals surface area contributed by atoms with Crippen LogP contribution in [0.15, 0.2) is 24.5 Å². The first-order valence-electron chi connectivity index (χ1n) is 6.87. The van der Waals surface area contributed by atoms with Gasteiger partial charge in [-0.25, -0.2) is 14.1 Å². The zero-order valence-electron chi connectivity index (χ0n) is 12.0. The molecule has 2 aromatic rings. The summed E-state index contributed by atoms with van der Waals surface area (Å²) < 4.78 is 24.6. The molecule has 1 saturated heterocycles. The van der Waals surface area contributed by atoms with Crippen LogP contribution in [0.3, 0.4) is 0 Å². The standard InChI is InChI=1S/C14H15FN4O3/c1-21-13(20)14(4-6-22-7-5-14)11-9-19(18-17-11)12-3-2-10(15)8-16-12/h2-3,8-9H,4-7H2,1H3. The number of ether oxygens (including phenoxy) is 2. The van der Waals surface area contributed by atoms with E-state index in [1.807, 2.05) is 0 Å². The van der Waals surface area contributed by atoms with Crippen LogP contribution in [0.1, 0.15) is 18.5 Å². The molecule has 7 nitrogen and oxygen atoms in total. The number of rotatable bonds is 3. The fraction of sp³-hybridized carbons (Fsp3) is 0.429. The Morgan fingerprint density at radius 1 is 1.41 bits per heavy atom. The van der Waals surface area contributed by atoms with Crippen LogP contribution in [-0.2, 0) is 19.7 Å². The average Bonchev–Trinajstić information content (AvgIpc) is 3.06. The Hall–Kier alpha value is -2.35. The van der Waals surface area contributed by atoms with Gasteiger partial charge in [0.05, 0.1) is 19.5 Å². The lowest BCUT2D eigenvalue weighted by Gasteiger charge is -2.32. The van der Waals surface area contributed by atoms with Crippen LogP contribution in [0.4, 0.5) is 4.39 Å². The van der Waals surface area contributed by atoms with Crippen LogP contribution in [0.25, 0.3) is 5.82 Å². The first-order chi connectivity index (χ1) is 10.7. The summed E-state index contributed by atoms with van der Waals surface area (Å²) >= 11 is 0. The van der Waals surface area contributed by atoms with Crippen molar-refractivity contribution in [1.82, 2.24) is 20.0 Å². The smallest absolute Gasteiger partial charge is 0.318 e. The molecule has 0 spiro atoms. The van der Waals surface area contributed by atoms with E-state index in [-0.39, 0.29) is 5.97 Å². The summed E-state index contributed by atoms with van der Waals surface area (Å²) in [7, 11) is 1.35. The Kier molecular flexibility index (Phi) is 3.84. The van der Waals surface area contributed by atoms with Crippen molar-refractivity contribution in [2.75, 3.05) is 20.3 Å². The molecule has 8 heteroatoms. The maximum atomic E-state index is 12.9. The summed E-state index contributed by atoms with van der Waals surface area (Å²) in [4.78, 5) is 16.2. The summed E-state index contributed by atoms with van der Waals surface area (Å²) in [5, 5.41) is 8.09. The minimum Gasteiger partial charge on any atom is -0.468 e. The molecule has 0 unspecified atom stereocenters. The second-order valence-corrected chi connectivity index (χ2v) is 5.07. The van der Waals surface area contributed by atoms with E-state index < -0.39 is 11.2 Å². The van der Waals surface area contributed by atoms with Crippen LogP contribution in [-0.4, -0.2) is 46.3 Å². The van der Waals surface area contributed by atoms with Crippen LogP contribution in [0, 0.1) is 5.82 Å². The molecule has 0 atom stereocenters. The van der Waals surface area contributed by atoms with E-state index in [0.29, 0.717) is 37.6 Å². The monoisotopic (exact) mass is 306 g/mol. The molecule has 2 aromatic heterocycles. The molecule has 0 aliphatic carbocycles. The molecule has 0 radical (unpaired) electrons. The number of hydrogen-bond acceptors (Lipinski definition) is 6. The van der Waals surface area contributed by atoms with E-state index in [4.69, 9.17) is 9.47 Å². The lowest BCUT2D eigenvalue weighted by atomic mass is 9.77. The Morgan fingerprint density at radius 2 is 2.18 bits per heavy atom. The van der Waals surface area contributed by atoms with E-state index >= 15 is 0 Å². The van der Waals surface area contributed by atoms with E-state index in [0.717, 1.165) is 6.20 Å². The summed E-state index contributed by atoms with van der Waals surface area (Å²) in [6.45, 7) is 0.910. The summed E-state index contributed by atoms with van der Waals surface area (Å²) in [5.74, 6) is -0.360. The van der Waals surface area contributed by atoms with E-state index in [1.165, 1.54) is 23.9 Å². The number of carbonyl (C=O) groups is 1. The molecule has 1 aliphatic heterocycles. The zero-order valence-corrected chi connectivity index (χ0v) is 12.0. The first kappa shape index (κ1) is 14.6. The minimum absolute atomic E-state index is 0.352. The van der Waals surface area contributed by atoms with Gasteiger partial charge in [0.1, 0.15) is 16.9 Å². The van der Waals surface area contributed by atoms with Gasteiger partial charge >= 0.3 is 5.97 Å². The van der Waals surface area contributed by atoms with Gasteiger partial charge in [0.15, 0.2) is 5.82 Å². The molecular weight excluding hydrogens is 291 g/mol. The highest BCUT2D eigenvalue weighted by Gasteiger charge is 2.45. The number of pyridine rings is 1. The Bertz CT molecular complexity index is 665. The largest absolute Gasteiger partial charge is 0.468 e. The van der Waals surface area contributed by atoms with Gasteiger partial charge in [0.2, 0.25) is 0 Å². The first-order valence-corrected chi connectivity index (χ1v) is 6.87. The van der Waals surface area contributed by atoms with Crippen LogP contribution in [0.2, 0.25) is 0 Å². The molecule has 1 fully saturated rings. The number of hydrogen-bond donors (Lipinski definition) is 0. The van der Waals surface area contributed by atoms with E-state index in [1.54, 1.807) is 6.20 Å². The normalized spacial score (nSPS) is 17.2. The van der Waals surface area contributed by atoms with Gasteiger partial charge in [0.25, 0.3) is 0 Å². The van der Waals surface area contributed by atoms with Crippen molar-refractivity contribution in [2.24, 2.45) is 0 Å². The SMILES string of the molecule is COC(=O)C1(c2cn(-c3ccc(F)cn3)nn2)CCOCC1. The Balaban J connectivity index is 1.96. The molecule has 0 N–H and O–H groups in total. The predicted octanol–water partition coefficient (Wildman–Crippen LogP) is 1.02. The molecule has 0 saturated carbocycles. The minimum atomic E-state index is -0.856. The van der Waals surface area contributed by atoms with Crippen molar-refractivity contribution in [3.05, 3.63) is 36.0 Å². The second kappa shape index (κ2) is 5.80. The molecule has 3 heterocycles. The van der Waals surface area contributed by atoms with Crippen molar-refractivity contribution in [2.45, 2.75) is 18.3 Å². The number of carbonyl (C=O) groups excluding carboxylic acids is 1. The van der Waals surface area contributed by atoms with Gasteiger partial charge in [-0.1, -0.05) is 5.21 Å². The van der Waals surface area contributed by atoms with E-state index in [9.17, 15) is 9.18 Å². The quantitative estimate of drug-likeness (QED) is 0.788. The van der Waals surface area contributed by atoms with Crippen molar-refractivity contribution >= 4 is 5.97 Å². The van der Waals surface area contributed by atoms with Crippen molar-refractivity contribution in [3.8, 4) is 5.82 Å². The third-order valence-corrected chi connectivity index (χ3v) is 3.85. The molecule has 0 amide bonds. The van der Waals surface area contributed by atoms with Crippen LogP contribution < -0.4 is 0 Å². The molecule has 1 aliphatic rings. The highest BCUT2D eigenvalue weighted by Crippen LogP contribution is 2.34. The molecular formula is C14H15FN4O3. The third-order valence-electron chi connectivity index (χ3n) is 3.85. The summed E-state index contributed by atoms with van der Waals surface area (Å²) in [6, 6.07) is 2.77. The van der Waals surface area contributed by atoms with Crippen molar-refractivity contribution < 1.29 is 18.7 Å². The fourth-order valence-electron chi connectivity index (χ4n) is 2.58. The highest BCUT2D eigenvalue weighted by atomic mass is 19.1. The zero-order chi connectivity index (χ0) is 15.6. The Morgan fingerprint density at radius 3 is 2.82 bits per heavy atom.